The van der Waals surface area contributed by atoms with Crippen LogP contribution >= 0.6 is 11.8 Å². The van der Waals surface area contributed by atoms with Gasteiger partial charge in [0.2, 0.25) is 23.6 Å². The quantitative estimate of drug-likeness (QED) is 0.130. The Labute approximate surface area is 223 Å². The number of aliphatic hydroxyl groups is 1. The summed E-state index contributed by atoms with van der Waals surface area (Å²) in [6, 6.07) is 1.92. The van der Waals surface area contributed by atoms with E-state index in [-0.39, 0.29) is 6.42 Å². The summed E-state index contributed by atoms with van der Waals surface area (Å²) >= 11 is 1.50. The maximum atomic E-state index is 13.2. The van der Waals surface area contributed by atoms with Crippen LogP contribution in [0.2, 0.25) is 0 Å². The summed E-state index contributed by atoms with van der Waals surface area (Å²) < 4.78 is 0. The van der Waals surface area contributed by atoms with Crippen LogP contribution in [0.5, 0.6) is 0 Å². The van der Waals surface area contributed by atoms with Crippen molar-refractivity contribution in [3.63, 3.8) is 0 Å². The molecule has 0 saturated carbocycles. The van der Waals surface area contributed by atoms with Gasteiger partial charge in [-0.05, 0) is 37.0 Å². The number of para-hydroxylation sites is 1. The molecule has 10 N–H and O–H groups in total. The maximum absolute atomic E-state index is 13.2. The van der Waals surface area contributed by atoms with Gasteiger partial charge in [0.1, 0.15) is 18.1 Å². The highest BCUT2D eigenvalue weighted by atomic mass is 32.2. The van der Waals surface area contributed by atoms with Gasteiger partial charge in [-0.2, -0.15) is 11.8 Å². The number of H-pyrrole nitrogens is 1. The predicted molar refractivity (Wildman–Crippen MR) is 142 cm³/mol. The Balaban J connectivity index is 2.29. The predicted octanol–water partition coefficient (Wildman–Crippen LogP) is -1.41. The van der Waals surface area contributed by atoms with E-state index in [2.05, 4.69) is 20.9 Å². The van der Waals surface area contributed by atoms with Crippen LogP contribution in [0.1, 0.15) is 25.3 Å². The Bertz CT molecular complexity index is 1150. The highest BCUT2D eigenvalue weighted by molar-refractivity contribution is 7.98. The molecule has 4 amide bonds. The summed E-state index contributed by atoms with van der Waals surface area (Å²) in [6.45, 7) is 1.29. The number of carbonyl (C=O) groups is 5. The first-order chi connectivity index (χ1) is 17.9. The Hall–Kier alpha value is -3.62. The smallest absolute Gasteiger partial charge is 0.326 e. The van der Waals surface area contributed by atoms with Gasteiger partial charge in [-0.25, -0.2) is 4.79 Å². The van der Waals surface area contributed by atoms with Gasteiger partial charge < -0.3 is 42.6 Å². The number of thioether (sulfide) groups is 1. The molecule has 0 fully saturated rings. The summed E-state index contributed by atoms with van der Waals surface area (Å²) in [5.74, 6) is -4.24. The molecule has 14 heteroatoms. The van der Waals surface area contributed by atoms with Crippen LogP contribution in [-0.2, 0) is 30.4 Å². The lowest BCUT2D eigenvalue weighted by molar-refractivity contribution is -0.143. The number of aromatic amines is 1. The van der Waals surface area contributed by atoms with Crippen molar-refractivity contribution in [3.05, 3.63) is 36.0 Å². The van der Waals surface area contributed by atoms with Crippen LogP contribution in [0.3, 0.4) is 0 Å². The highest BCUT2D eigenvalue weighted by Gasteiger charge is 2.33. The minimum Gasteiger partial charge on any atom is -0.480 e. The first kappa shape index (κ1) is 30.6. The fourth-order valence-electron chi connectivity index (χ4n) is 3.71. The van der Waals surface area contributed by atoms with Crippen LogP contribution in [0.15, 0.2) is 30.5 Å². The lowest BCUT2D eigenvalue weighted by Crippen LogP contribution is -2.60. The van der Waals surface area contributed by atoms with E-state index in [1.165, 1.54) is 18.7 Å². The van der Waals surface area contributed by atoms with Crippen molar-refractivity contribution >= 4 is 52.3 Å². The Kier molecular flexibility index (Phi) is 11.6. The summed E-state index contributed by atoms with van der Waals surface area (Å²) in [5, 5.41) is 27.5. The van der Waals surface area contributed by atoms with Crippen molar-refractivity contribution in [2.45, 2.75) is 56.5 Å². The van der Waals surface area contributed by atoms with E-state index in [4.69, 9.17) is 11.5 Å². The zero-order chi connectivity index (χ0) is 28.4. The number of carboxylic acid groups (broad SMARTS) is 1. The summed E-state index contributed by atoms with van der Waals surface area (Å²) in [7, 11) is 0. The molecule has 0 bridgehead atoms. The number of benzene rings is 1. The lowest BCUT2D eigenvalue weighted by atomic mass is 10.0. The molecule has 38 heavy (non-hydrogen) atoms. The second-order valence-electron chi connectivity index (χ2n) is 8.81. The third kappa shape index (κ3) is 8.75. The van der Waals surface area contributed by atoms with Gasteiger partial charge in [-0.1, -0.05) is 18.2 Å². The standard InChI is InChI=1S/C24H34N6O7S/c1-12(31)20(30-21(33)15(25)7-8-38-2)23(35)28-17(22(34)29-18(24(36)37)10-19(26)32)9-13-11-27-16-6-4-3-5-14(13)16/h3-6,11-12,15,17-18,20,27,31H,7-10,25H2,1-2H3,(H2,26,32)(H,28,35)(H,29,34)(H,30,33)(H,36,37). The minimum atomic E-state index is -1.62. The number of carbonyl (C=O) groups excluding carboxylic acids is 4. The number of amides is 4. The second-order valence-corrected chi connectivity index (χ2v) is 9.80. The number of aliphatic hydroxyl groups excluding tert-OH is 1. The molecule has 13 nitrogen and oxygen atoms in total. The Morgan fingerprint density at radius 3 is 2.29 bits per heavy atom. The summed E-state index contributed by atoms with van der Waals surface area (Å²) in [4.78, 5) is 64.7. The molecule has 2 aromatic rings. The van der Waals surface area contributed by atoms with Crippen LogP contribution in [-0.4, -0.2) is 87.1 Å². The van der Waals surface area contributed by atoms with E-state index >= 15 is 0 Å². The summed E-state index contributed by atoms with van der Waals surface area (Å²) in [6.07, 6.45) is 1.78. The number of fused-ring (bicyclic) bond motifs is 1. The third-order valence-corrected chi connectivity index (χ3v) is 6.43. The number of aromatic nitrogens is 1. The van der Waals surface area contributed by atoms with Gasteiger partial charge >= 0.3 is 5.97 Å². The topological polar surface area (TPSA) is 230 Å². The molecule has 1 aromatic carbocycles. The average molecular weight is 551 g/mol. The monoisotopic (exact) mass is 550 g/mol. The van der Waals surface area contributed by atoms with Gasteiger partial charge in [0.25, 0.3) is 0 Å². The number of rotatable bonds is 15. The van der Waals surface area contributed by atoms with Gasteiger partial charge in [0.15, 0.2) is 0 Å². The molecule has 1 heterocycles. The van der Waals surface area contributed by atoms with Crippen molar-refractivity contribution < 1.29 is 34.2 Å². The van der Waals surface area contributed by atoms with E-state index in [9.17, 15) is 34.2 Å². The third-order valence-electron chi connectivity index (χ3n) is 5.78. The SMILES string of the molecule is CSCCC(N)C(=O)NC(C(=O)NC(Cc1c[nH]c2ccccc12)C(=O)NC(CC(N)=O)C(=O)O)C(C)O. The van der Waals surface area contributed by atoms with E-state index < -0.39 is 66.3 Å². The normalized spacial score (nSPS) is 15.1. The summed E-state index contributed by atoms with van der Waals surface area (Å²) in [5.41, 5.74) is 12.4. The van der Waals surface area contributed by atoms with E-state index in [1.807, 2.05) is 18.4 Å². The maximum Gasteiger partial charge on any atom is 0.326 e. The zero-order valence-corrected chi connectivity index (χ0v) is 21.9. The number of carboxylic acids is 1. The van der Waals surface area contributed by atoms with Crippen LogP contribution in [0.4, 0.5) is 0 Å². The van der Waals surface area contributed by atoms with Crippen LogP contribution in [0.25, 0.3) is 10.9 Å². The molecular weight excluding hydrogens is 516 g/mol. The number of primary amides is 1. The molecular formula is C24H34N6O7S. The van der Waals surface area contributed by atoms with E-state index in [0.29, 0.717) is 17.7 Å². The number of hydrogen-bond donors (Lipinski definition) is 8. The largest absolute Gasteiger partial charge is 0.480 e. The second kappa shape index (κ2) is 14.4. The Morgan fingerprint density at radius 1 is 1.03 bits per heavy atom. The first-order valence-corrected chi connectivity index (χ1v) is 13.2. The van der Waals surface area contributed by atoms with Crippen LogP contribution < -0.4 is 27.4 Å². The van der Waals surface area contributed by atoms with Gasteiger partial charge in [-0.3, -0.25) is 19.2 Å². The van der Waals surface area contributed by atoms with Crippen molar-refractivity contribution in [2.75, 3.05) is 12.0 Å². The number of nitrogens with two attached hydrogens (primary N) is 2. The van der Waals surface area contributed by atoms with E-state index in [1.54, 1.807) is 18.3 Å². The van der Waals surface area contributed by atoms with Crippen molar-refractivity contribution in [1.82, 2.24) is 20.9 Å². The molecule has 0 radical (unpaired) electrons. The molecule has 0 aliphatic carbocycles. The minimum absolute atomic E-state index is 0.0712. The van der Waals surface area contributed by atoms with Crippen LogP contribution in [0, 0.1) is 0 Å². The van der Waals surface area contributed by atoms with Crippen molar-refractivity contribution in [1.29, 1.82) is 0 Å². The van der Waals surface area contributed by atoms with Gasteiger partial charge in [-0.15, -0.1) is 0 Å². The average Bonchev–Trinajstić information content (AvgIpc) is 3.26. The van der Waals surface area contributed by atoms with Gasteiger partial charge in [0.05, 0.1) is 18.6 Å². The molecule has 5 unspecified atom stereocenters. The molecule has 0 saturated heterocycles. The van der Waals surface area contributed by atoms with Crippen molar-refractivity contribution in [3.8, 4) is 0 Å². The molecule has 208 valence electrons. The number of hydrogen-bond acceptors (Lipinski definition) is 8. The zero-order valence-electron chi connectivity index (χ0n) is 21.1. The van der Waals surface area contributed by atoms with Gasteiger partial charge in [0, 0.05) is 23.5 Å². The fraction of sp³-hybridized carbons (Fsp3) is 0.458. The first-order valence-electron chi connectivity index (χ1n) is 11.8. The fourth-order valence-corrected chi connectivity index (χ4v) is 4.20. The molecule has 5 atom stereocenters. The number of nitrogens with one attached hydrogen (secondary N) is 4. The number of aliphatic carboxylic acids is 1. The highest BCUT2D eigenvalue weighted by Crippen LogP contribution is 2.19. The lowest BCUT2D eigenvalue weighted by Gasteiger charge is -2.26. The van der Waals surface area contributed by atoms with Crippen molar-refractivity contribution in [2.24, 2.45) is 11.5 Å². The molecule has 1 aromatic heterocycles. The molecule has 0 aliphatic rings. The molecule has 0 aliphatic heterocycles. The molecule has 0 spiro atoms. The van der Waals surface area contributed by atoms with E-state index in [0.717, 1.165) is 10.9 Å². The Morgan fingerprint density at radius 2 is 1.68 bits per heavy atom. The molecule has 2 rings (SSSR count).